The summed E-state index contributed by atoms with van der Waals surface area (Å²) in [4.78, 5) is 31.9. The number of aliphatic hydroxyl groups is 1. The molecule has 5 nitrogen and oxygen atoms in total. The molecule has 4 rings (SSSR count). The molecule has 1 amide bonds. The molecule has 1 N–H and O–H groups in total. The van der Waals surface area contributed by atoms with Crippen LogP contribution in [0.3, 0.4) is 0 Å². The van der Waals surface area contributed by atoms with E-state index in [-0.39, 0.29) is 11.4 Å². The number of benzene rings is 1. The Morgan fingerprint density at radius 3 is 2.46 bits per heavy atom. The maximum atomic E-state index is 13.0. The van der Waals surface area contributed by atoms with E-state index in [0.717, 1.165) is 5.56 Å². The zero-order valence-electron chi connectivity index (χ0n) is 13.6. The second-order valence-electron chi connectivity index (χ2n) is 5.75. The average Bonchev–Trinajstić information content (AvgIpc) is 3.31. The molecule has 128 valence electrons. The van der Waals surface area contributed by atoms with E-state index in [9.17, 15) is 14.7 Å². The Hall–Kier alpha value is -3.25. The van der Waals surface area contributed by atoms with Crippen molar-refractivity contribution in [2.75, 3.05) is 4.90 Å². The summed E-state index contributed by atoms with van der Waals surface area (Å²) in [5, 5.41) is 12.3. The van der Waals surface area contributed by atoms with Crippen LogP contribution < -0.4 is 4.90 Å². The summed E-state index contributed by atoms with van der Waals surface area (Å²) in [6.45, 7) is 0. The maximum absolute atomic E-state index is 13.0. The number of hydrogen-bond acceptors (Lipinski definition) is 5. The number of aliphatic hydroxyl groups excluding tert-OH is 1. The molecular formula is C20H14N2O3S. The van der Waals surface area contributed by atoms with Crippen molar-refractivity contribution >= 4 is 28.8 Å². The minimum atomic E-state index is -0.729. The molecule has 2 aromatic heterocycles. The third-order valence-electron chi connectivity index (χ3n) is 4.21. The monoisotopic (exact) mass is 362 g/mol. The SMILES string of the molecule is O=C(C1=C(O)C(=O)N(c2ccccn2)C1c1ccccc1)c1cccs1. The predicted octanol–water partition coefficient (Wildman–Crippen LogP) is 3.93. The summed E-state index contributed by atoms with van der Waals surface area (Å²) in [5.74, 6) is -1.12. The van der Waals surface area contributed by atoms with Gasteiger partial charge in [0.15, 0.2) is 5.76 Å². The molecule has 0 saturated heterocycles. The van der Waals surface area contributed by atoms with Gasteiger partial charge in [-0.15, -0.1) is 11.3 Å². The van der Waals surface area contributed by atoms with Gasteiger partial charge in [-0.3, -0.25) is 14.5 Å². The first-order valence-corrected chi connectivity index (χ1v) is 8.87. The molecule has 6 heteroatoms. The van der Waals surface area contributed by atoms with Gasteiger partial charge in [-0.2, -0.15) is 0 Å². The quantitative estimate of drug-likeness (QED) is 0.714. The van der Waals surface area contributed by atoms with Crippen LogP contribution in [-0.2, 0) is 4.79 Å². The van der Waals surface area contributed by atoms with Crippen LogP contribution in [0.5, 0.6) is 0 Å². The largest absolute Gasteiger partial charge is 0.503 e. The minimum Gasteiger partial charge on any atom is -0.503 e. The number of pyridine rings is 1. The van der Waals surface area contributed by atoms with Gasteiger partial charge >= 0.3 is 0 Å². The Balaban J connectivity index is 1.88. The number of ketones is 1. The number of anilines is 1. The first-order valence-electron chi connectivity index (χ1n) is 7.99. The van der Waals surface area contributed by atoms with Crippen molar-refractivity contribution in [2.24, 2.45) is 0 Å². The van der Waals surface area contributed by atoms with Crippen molar-refractivity contribution in [3.8, 4) is 0 Å². The Labute approximate surface area is 153 Å². The van der Waals surface area contributed by atoms with Crippen LogP contribution >= 0.6 is 11.3 Å². The number of aromatic nitrogens is 1. The molecule has 1 unspecified atom stereocenters. The third kappa shape index (κ3) is 2.60. The highest BCUT2D eigenvalue weighted by Crippen LogP contribution is 2.41. The molecule has 0 saturated carbocycles. The number of hydrogen-bond donors (Lipinski definition) is 1. The Bertz CT molecular complexity index is 982. The number of rotatable bonds is 4. The standard InChI is InChI=1S/C20H14N2O3S/c23-18(14-9-6-12-26-14)16-17(13-7-2-1-3-8-13)22(20(25)19(16)24)15-10-4-5-11-21-15/h1-12,17,24H. The highest BCUT2D eigenvalue weighted by atomic mass is 32.1. The van der Waals surface area contributed by atoms with E-state index in [1.165, 1.54) is 16.2 Å². The van der Waals surface area contributed by atoms with Gasteiger partial charge in [0, 0.05) is 6.20 Å². The first kappa shape index (κ1) is 16.2. The fourth-order valence-electron chi connectivity index (χ4n) is 3.06. The van der Waals surface area contributed by atoms with E-state index in [1.54, 1.807) is 41.9 Å². The zero-order valence-corrected chi connectivity index (χ0v) is 14.4. The Morgan fingerprint density at radius 1 is 1.04 bits per heavy atom. The summed E-state index contributed by atoms with van der Waals surface area (Å²) in [7, 11) is 0. The lowest BCUT2D eigenvalue weighted by Gasteiger charge is -2.25. The molecule has 0 aliphatic carbocycles. The van der Waals surface area contributed by atoms with Crippen molar-refractivity contribution in [1.29, 1.82) is 0 Å². The maximum Gasteiger partial charge on any atom is 0.295 e. The molecular weight excluding hydrogens is 348 g/mol. The molecule has 3 heterocycles. The number of nitrogens with zero attached hydrogens (tertiary/aromatic N) is 2. The molecule has 0 fully saturated rings. The summed E-state index contributed by atoms with van der Waals surface area (Å²) in [6.07, 6.45) is 1.57. The van der Waals surface area contributed by atoms with Gasteiger partial charge in [-0.25, -0.2) is 4.98 Å². The lowest BCUT2D eigenvalue weighted by Crippen LogP contribution is -2.31. The topological polar surface area (TPSA) is 70.5 Å². The highest BCUT2D eigenvalue weighted by molar-refractivity contribution is 7.12. The molecule has 1 aliphatic heterocycles. The molecule has 1 aromatic carbocycles. The van der Waals surface area contributed by atoms with E-state index in [2.05, 4.69) is 4.98 Å². The molecule has 3 aromatic rings. The van der Waals surface area contributed by atoms with Crippen LogP contribution in [0.15, 0.2) is 83.6 Å². The van der Waals surface area contributed by atoms with Crippen LogP contribution in [0.25, 0.3) is 0 Å². The van der Waals surface area contributed by atoms with E-state index >= 15 is 0 Å². The number of amides is 1. The summed E-state index contributed by atoms with van der Waals surface area (Å²) in [6, 6.07) is 17.1. The van der Waals surface area contributed by atoms with Gasteiger partial charge in [-0.05, 0) is 29.1 Å². The van der Waals surface area contributed by atoms with Crippen LogP contribution in [0.4, 0.5) is 5.82 Å². The third-order valence-corrected chi connectivity index (χ3v) is 5.08. The van der Waals surface area contributed by atoms with Crippen molar-refractivity contribution in [2.45, 2.75) is 6.04 Å². The average molecular weight is 362 g/mol. The smallest absolute Gasteiger partial charge is 0.295 e. The summed E-state index contributed by atoms with van der Waals surface area (Å²) >= 11 is 1.28. The van der Waals surface area contributed by atoms with Gasteiger partial charge in [-0.1, -0.05) is 42.5 Å². The van der Waals surface area contributed by atoms with Gasteiger partial charge in [0.05, 0.1) is 16.5 Å². The summed E-state index contributed by atoms with van der Waals surface area (Å²) < 4.78 is 0. The van der Waals surface area contributed by atoms with E-state index in [4.69, 9.17) is 0 Å². The number of carbonyl (C=O) groups excluding carboxylic acids is 2. The highest BCUT2D eigenvalue weighted by Gasteiger charge is 2.45. The normalized spacial score (nSPS) is 17.0. The second-order valence-corrected chi connectivity index (χ2v) is 6.69. The van der Waals surface area contributed by atoms with Crippen molar-refractivity contribution in [3.05, 3.63) is 94.0 Å². The van der Waals surface area contributed by atoms with Crippen LogP contribution in [-0.4, -0.2) is 21.8 Å². The molecule has 0 radical (unpaired) electrons. The predicted molar refractivity (Wildman–Crippen MR) is 99.2 cm³/mol. The molecule has 0 spiro atoms. The number of carbonyl (C=O) groups is 2. The van der Waals surface area contributed by atoms with Gasteiger partial charge in [0.1, 0.15) is 5.82 Å². The zero-order chi connectivity index (χ0) is 18.1. The van der Waals surface area contributed by atoms with Crippen molar-refractivity contribution in [3.63, 3.8) is 0 Å². The van der Waals surface area contributed by atoms with E-state index in [0.29, 0.717) is 10.7 Å². The number of thiophene rings is 1. The van der Waals surface area contributed by atoms with Crippen LogP contribution in [0.2, 0.25) is 0 Å². The lowest BCUT2D eigenvalue weighted by molar-refractivity contribution is -0.117. The van der Waals surface area contributed by atoms with Gasteiger partial charge < -0.3 is 5.11 Å². The molecule has 1 atom stereocenters. The Kier molecular flexibility index (Phi) is 4.10. The first-order chi connectivity index (χ1) is 12.7. The fraction of sp³-hybridized carbons (Fsp3) is 0.0500. The van der Waals surface area contributed by atoms with Gasteiger partial charge in [0.2, 0.25) is 5.78 Å². The van der Waals surface area contributed by atoms with E-state index < -0.39 is 17.7 Å². The van der Waals surface area contributed by atoms with Gasteiger partial charge in [0.25, 0.3) is 5.91 Å². The lowest BCUT2D eigenvalue weighted by atomic mass is 9.95. The second kappa shape index (κ2) is 6.57. The van der Waals surface area contributed by atoms with Crippen LogP contribution in [0.1, 0.15) is 21.3 Å². The molecule has 26 heavy (non-hydrogen) atoms. The fourth-order valence-corrected chi connectivity index (χ4v) is 3.74. The Morgan fingerprint density at radius 2 is 1.81 bits per heavy atom. The molecule has 0 bridgehead atoms. The summed E-state index contributed by atoms with van der Waals surface area (Å²) in [5.41, 5.74) is 0.810. The van der Waals surface area contributed by atoms with Crippen molar-refractivity contribution in [1.82, 2.24) is 4.98 Å². The minimum absolute atomic E-state index is 0.0781. The van der Waals surface area contributed by atoms with Crippen LogP contribution in [0, 0.1) is 0 Å². The van der Waals surface area contributed by atoms with Crippen molar-refractivity contribution < 1.29 is 14.7 Å². The molecule has 1 aliphatic rings. The number of Topliss-reactive ketones (excluding diaryl/α,β-unsaturated/α-hetero) is 1. The van der Waals surface area contributed by atoms with E-state index in [1.807, 2.05) is 30.3 Å².